The first-order valence-electron chi connectivity index (χ1n) is 7.30. The van der Waals surface area contributed by atoms with Crippen LogP contribution in [0.4, 0.5) is 4.79 Å². The molecule has 0 unspecified atom stereocenters. The molecule has 120 valence electrons. The summed E-state index contributed by atoms with van der Waals surface area (Å²) in [6.07, 6.45) is 0. The van der Waals surface area contributed by atoms with Crippen LogP contribution in [-0.2, 0) is 13.6 Å². The van der Waals surface area contributed by atoms with E-state index in [0.29, 0.717) is 13.1 Å². The van der Waals surface area contributed by atoms with E-state index in [1.54, 1.807) is 11.3 Å². The summed E-state index contributed by atoms with van der Waals surface area (Å²) >= 11 is 1.67. The van der Waals surface area contributed by atoms with E-state index in [1.807, 2.05) is 40.2 Å². The Morgan fingerprint density at radius 1 is 1.32 bits per heavy atom. The molecule has 0 spiro atoms. The molecule has 6 heteroatoms. The number of carbonyl (C=O) groups is 1. The third-order valence-corrected chi connectivity index (χ3v) is 4.62. The third-order valence-electron chi connectivity index (χ3n) is 3.91. The minimum Gasteiger partial charge on any atom is -0.350 e. The molecule has 0 aliphatic rings. The van der Waals surface area contributed by atoms with Crippen molar-refractivity contribution >= 4 is 17.4 Å². The number of aryl methyl sites for hydroxylation is 1. The molecule has 2 heterocycles. The lowest BCUT2D eigenvalue weighted by Gasteiger charge is -2.24. The van der Waals surface area contributed by atoms with Gasteiger partial charge >= 0.3 is 6.03 Å². The first kappa shape index (κ1) is 16.6. The van der Waals surface area contributed by atoms with E-state index < -0.39 is 0 Å². The van der Waals surface area contributed by atoms with Crippen LogP contribution in [0.5, 0.6) is 0 Å². The van der Waals surface area contributed by atoms with Crippen LogP contribution in [0.3, 0.4) is 0 Å². The molecular formula is C16H24N4OS. The number of amides is 2. The van der Waals surface area contributed by atoms with Gasteiger partial charge in [-0.05, 0) is 55.5 Å². The van der Waals surface area contributed by atoms with E-state index in [4.69, 9.17) is 0 Å². The number of hydrogen-bond acceptors (Lipinski definition) is 3. The van der Waals surface area contributed by atoms with Gasteiger partial charge in [-0.15, -0.1) is 0 Å². The number of nitrogens with zero attached hydrogens (tertiary/aromatic N) is 2. The fourth-order valence-corrected chi connectivity index (χ4v) is 3.04. The van der Waals surface area contributed by atoms with Crippen LogP contribution in [0.1, 0.15) is 23.0 Å². The summed E-state index contributed by atoms with van der Waals surface area (Å²) < 4.78 is 2.08. The minimum atomic E-state index is -0.138. The smallest absolute Gasteiger partial charge is 0.315 e. The molecule has 0 radical (unpaired) electrons. The van der Waals surface area contributed by atoms with E-state index in [0.717, 1.165) is 5.69 Å². The summed E-state index contributed by atoms with van der Waals surface area (Å²) in [5.41, 5.74) is 3.50. The second kappa shape index (κ2) is 7.47. The molecule has 5 nitrogen and oxygen atoms in total. The first-order valence-corrected chi connectivity index (χ1v) is 8.24. The molecule has 0 aromatic carbocycles. The van der Waals surface area contributed by atoms with Crippen LogP contribution >= 0.6 is 11.3 Å². The molecule has 0 saturated carbocycles. The van der Waals surface area contributed by atoms with Crippen molar-refractivity contribution in [2.75, 3.05) is 20.6 Å². The van der Waals surface area contributed by atoms with E-state index >= 15 is 0 Å². The molecule has 0 aliphatic heterocycles. The standard InChI is InChI=1S/C16H24N4OS/c1-12-5-6-14(20(12)4)9-17-16(21)18-10-15(19(2)3)13-7-8-22-11-13/h5-8,11,15H,9-10H2,1-4H3,(H2,17,18,21)/t15-/m1/s1. The van der Waals surface area contributed by atoms with Crippen LogP contribution in [0.2, 0.25) is 0 Å². The Morgan fingerprint density at radius 3 is 2.64 bits per heavy atom. The molecule has 0 fully saturated rings. The number of likely N-dealkylation sites (N-methyl/N-ethyl adjacent to an activating group) is 1. The molecule has 0 aliphatic carbocycles. The number of thiophene rings is 1. The fourth-order valence-electron chi connectivity index (χ4n) is 2.33. The zero-order valence-electron chi connectivity index (χ0n) is 13.6. The van der Waals surface area contributed by atoms with Crippen molar-refractivity contribution in [2.24, 2.45) is 7.05 Å². The van der Waals surface area contributed by atoms with Crippen LogP contribution < -0.4 is 10.6 Å². The van der Waals surface area contributed by atoms with E-state index in [2.05, 4.69) is 36.9 Å². The topological polar surface area (TPSA) is 49.3 Å². The van der Waals surface area contributed by atoms with Gasteiger partial charge in [0.1, 0.15) is 0 Å². The highest BCUT2D eigenvalue weighted by atomic mass is 32.1. The molecular weight excluding hydrogens is 296 g/mol. The molecule has 0 saturated heterocycles. The van der Waals surface area contributed by atoms with Gasteiger partial charge in [0.15, 0.2) is 0 Å². The van der Waals surface area contributed by atoms with Crippen molar-refractivity contribution in [1.82, 2.24) is 20.1 Å². The SMILES string of the molecule is Cc1ccc(CNC(=O)NC[C@H](c2ccsc2)N(C)C)n1C. The molecule has 2 aromatic heterocycles. The Labute approximate surface area is 135 Å². The summed E-state index contributed by atoms with van der Waals surface area (Å²) in [4.78, 5) is 14.1. The Hall–Kier alpha value is -1.79. The molecule has 1 atom stereocenters. The molecule has 2 N–H and O–H groups in total. The second-order valence-electron chi connectivity index (χ2n) is 5.62. The average Bonchev–Trinajstić information content (AvgIpc) is 3.09. The van der Waals surface area contributed by atoms with Crippen molar-refractivity contribution in [3.8, 4) is 0 Å². The average molecular weight is 320 g/mol. The number of nitrogens with one attached hydrogen (secondary N) is 2. The van der Waals surface area contributed by atoms with Gasteiger partial charge in [0, 0.05) is 25.0 Å². The normalized spacial score (nSPS) is 12.4. The van der Waals surface area contributed by atoms with Gasteiger partial charge in [0.25, 0.3) is 0 Å². The van der Waals surface area contributed by atoms with E-state index in [-0.39, 0.29) is 12.1 Å². The Balaban J connectivity index is 1.83. The van der Waals surface area contributed by atoms with Gasteiger partial charge in [-0.1, -0.05) is 0 Å². The van der Waals surface area contributed by atoms with Crippen molar-refractivity contribution < 1.29 is 4.79 Å². The molecule has 22 heavy (non-hydrogen) atoms. The van der Waals surface area contributed by atoms with Crippen LogP contribution in [-0.4, -0.2) is 36.1 Å². The highest BCUT2D eigenvalue weighted by Crippen LogP contribution is 2.19. The maximum Gasteiger partial charge on any atom is 0.315 e. The predicted octanol–water partition coefficient (Wildman–Crippen LogP) is 2.50. The summed E-state index contributed by atoms with van der Waals surface area (Å²) in [6, 6.07) is 6.23. The molecule has 2 aromatic rings. The van der Waals surface area contributed by atoms with Crippen molar-refractivity contribution in [3.05, 3.63) is 45.9 Å². The molecule has 2 rings (SSSR count). The van der Waals surface area contributed by atoms with Gasteiger partial charge in [-0.25, -0.2) is 4.79 Å². The summed E-state index contributed by atoms with van der Waals surface area (Å²) in [5.74, 6) is 0. The van der Waals surface area contributed by atoms with Crippen molar-refractivity contribution in [3.63, 3.8) is 0 Å². The Kier molecular flexibility index (Phi) is 5.63. The van der Waals surface area contributed by atoms with Gasteiger partial charge in [0.05, 0.1) is 12.6 Å². The van der Waals surface area contributed by atoms with Crippen LogP contribution in [0.15, 0.2) is 29.0 Å². The summed E-state index contributed by atoms with van der Waals surface area (Å²) in [6.45, 7) is 3.16. The lowest BCUT2D eigenvalue weighted by atomic mass is 10.1. The lowest BCUT2D eigenvalue weighted by Crippen LogP contribution is -2.40. The number of urea groups is 1. The van der Waals surface area contributed by atoms with E-state index in [9.17, 15) is 4.79 Å². The van der Waals surface area contributed by atoms with Crippen LogP contribution in [0, 0.1) is 6.92 Å². The quantitative estimate of drug-likeness (QED) is 0.859. The third kappa shape index (κ3) is 4.11. The highest BCUT2D eigenvalue weighted by Gasteiger charge is 2.15. The number of carbonyl (C=O) groups excluding carboxylic acids is 1. The van der Waals surface area contributed by atoms with Gasteiger partial charge < -0.3 is 20.1 Å². The second-order valence-corrected chi connectivity index (χ2v) is 6.40. The highest BCUT2D eigenvalue weighted by molar-refractivity contribution is 7.07. The van der Waals surface area contributed by atoms with Gasteiger partial charge in [-0.2, -0.15) is 11.3 Å². The monoisotopic (exact) mass is 320 g/mol. The maximum atomic E-state index is 12.0. The van der Waals surface area contributed by atoms with Gasteiger partial charge in [-0.3, -0.25) is 0 Å². The number of rotatable bonds is 6. The summed E-state index contributed by atoms with van der Waals surface area (Å²) in [5, 5.41) is 10.0. The largest absolute Gasteiger partial charge is 0.350 e. The number of aromatic nitrogens is 1. The first-order chi connectivity index (χ1) is 10.5. The maximum absolute atomic E-state index is 12.0. The Morgan fingerprint density at radius 2 is 2.09 bits per heavy atom. The fraction of sp³-hybridized carbons (Fsp3) is 0.438. The molecule has 0 bridgehead atoms. The van der Waals surface area contributed by atoms with Crippen LogP contribution in [0.25, 0.3) is 0 Å². The Bertz CT molecular complexity index is 604. The van der Waals surface area contributed by atoms with Crippen molar-refractivity contribution in [2.45, 2.75) is 19.5 Å². The summed E-state index contributed by atoms with van der Waals surface area (Å²) in [7, 11) is 6.05. The number of hydrogen-bond donors (Lipinski definition) is 2. The minimum absolute atomic E-state index is 0.138. The molecule has 2 amide bonds. The zero-order chi connectivity index (χ0) is 16.1. The van der Waals surface area contributed by atoms with E-state index in [1.165, 1.54) is 11.3 Å². The van der Waals surface area contributed by atoms with Gasteiger partial charge in [0.2, 0.25) is 0 Å². The zero-order valence-corrected chi connectivity index (χ0v) is 14.4. The predicted molar refractivity (Wildman–Crippen MR) is 91.1 cm³/mol. The lowest BCUT2D eigenvalue weighted by molar-refractivity contribution is 0.232. The van der Waals surface area contributed by atoms with Crippen molar-refractivity contribution in [1.29, 1.82) is 0 Å².